The molecule has 0 amide bonds. The first-order valence-corrected chi connectivity index (χ1v) is 6.71. The van der Waals surface area contributed by atoms with E-state index in [0.717, 1.165) is 0 Å². The maximum absolute atomic E-state index is 13.3. The SMILES string of the molecule is COc1cc(C(O)c2ccc(F)c(C)c2)cc(Cl)c1OC. The number of hydrogen-bond acceptors (Lipinski definition) is 3. The number of halogens is 2. The van der Waals surface area contributed by atoms with Crippen LogP contribution in [0.1, 0.15) is 22.8 Å². The number of ether oxygens (including phenoxy) is 2. The summed E-state index contributed by atoms with van der Waals surface area (Å²) < 4.78 is 23.7. The number of aryl methyl sites for hydroxylation is 1. The summed E-state index contributed by atoms with van der Waals surface area (Å²) in [6, 6.07) is 7.72. The fraction of sp³-hybridized carbons (Fsp3) is 0.250. The van der Waals surface area contributed by atoms with Gasteiger partial charge in [0.05, 0.1) is 19.2 Å². The lowest BCUT2D eigenvalue weighted by molar-refractivity contribution is 0.219. The second-order valence-corrected chi connectivity index (χ2v) is 5.06. The molecular formula is C16H16ClFO3. The van der Waals surface area contributed by atoms with Crippen molar-refractivity contribution in [2.45, 2.75) is 13.0 Å². The molecule has 1 unspecified atom stereocenters. The van der Waals surface area contributed by atoms with Gasteiger partial charge in [-0.15, -0.1) is 0 Å². The Balaban J connectivity index is 2.45. The van der Waals surface area contributed by atoms with Gasteiger partial charge in [-0.2, -0.15) is 0 Å². The van der Waals surface area contributed by atoms with E-state index in [1.54, 1.807) is 25.1 Å². The second-order valence-electron chi connectivity index (χ2n) is 4.65. The Morgan fingerprint density at radius 3 is 2.38 bits per heavy atom. The molecule has 112 valence electrons. The topological polar surface area (TPSA) is 38.7 Å². The molecular weight excluding hydrogens is 295 g/mol. The average Bonchev–Trinajstić information content (AvgIpc) is 2.48. The predicted molar refractivity (Wildman–Crippen MR) is 79.8 cm³/mol. The molecule has 2 rings (SSSR count). The highest BCUT2D eigenvalue weighted by Crippen LogP contribution is 2.38. The molecule has 0 radical (unpaired) electrons. The standard InChI is InChI=1S/C16H16ClFO3/c1-9-6-10(4-5-13(9)18)15(19)11-7-12(17)16(21-3)14(8-11)20-2/h4-8,15,19H,1-3H3. The van der Waals surface area contributed by atoms with Crippen molar-refractivity contribution in [3.63, 3.8) is 0 Å². The predicted octanol–water partition coefficient (Wildman–Crippen LogP) is 3.89. The third-order valence-corrected chi connectivity index (χ3v) is 3.55. The smallest absolute Gasteiger partial charge is 0.179 e. The van der Waals surface area contributed by atoms with E-state index in [1.807, 2.05) is 0 Å². The van der Waals surface area contributed by atoms with E-state index in [0.29, 0.717) is 33.2 Å². The first-order valence-electron chi connectivity index (χ1n) is 6.33. The van der Waals surface area contributed by atoms with E-state index in [-0.39, 0.29) is 5.82 Å². The summed E-state index contributed by atoms with van der Waals surface area (Å²) in [4.78, 5) is 0. The van der Waals surface area contributed by atoms with Gasteiger partial charge in [-0.05, 0) is 41.8 Å². The van der Waals surface area contributed by atoms with E-state index < -0.39 is 6.10 Å². The van der Waals surface area contributed by atoms with Gasteiger partial charge in [-0.1, -0.05) is 23.7 Å². The van der Waals surface area contributed by atoms with Crippen LogP contribution >= 0.6 is 11.6 Å². The van der Waals surface area contributed by atoms with Gasteiger partial charge in [-0.3, -0.25) is 0 Å². The quantitative estimate of drug-likeness (QED) is 0.931. The van der Waals surface area contributed by atoms with E-state index in [1.165, 1.54) is 26.4 Å². The van der Waals surface area contributed by atoms with Gasteiger partial charge in [-0.25, -0.2) is 4.39 Å². The summed E-state index contributed by atoms with van der Waals surface area (Å²) in [6.07, 6.45) is -0.929. The number of rotatable bonds is 4. The van der Waals surface area contributed by atoms with Crippen molar-refractivity contribution < 1.29 is 19.0 Å². The van der Waals surface area contributed by atoms with Crippen molar-refractivity contribution in [1.82, 2.24) is 0 Å². The molecule has 21 heavy (non-hydrogen) atoms. The first-order chi connectivity index (χ1) is 9.97. The molecule has 1 atom stereocenters. The highest BCUT2D eigenvalue weighted by atomic mass is 35.5. The van der Waals surface area contributed by atoms with Crippen LogP contribution in [0, 0.1) is 12.7 Å². The van der Waals surface area contributed by atoms with Crippen molar-refractivity contribution in [1.29, 1.82) is 0 Å². The molecule has 0 spiro atoms. The summed E-state index contributed by atoms with van der Waals surface area (Å²) in [6.45, 7) is 1.65. The Kier molecular flexibility index (Phi) is 4.70. The van der Waals surface area contributed by atoms with Crippen LogP contribution in [0.2, 0.25) is 5.02 Å². The van der Waals surface area contributed by atoms with Crippen LogP contribution in [-0.4, -0.2) is 19.3 Å². The lowest BCUT2D eigenvalue weighted by atomic mass is 9.99. The summed E-state index contributed by atoms with van der Waals surface area (Å²) in [5.74, 6) is 0.527. The Bertz CT molecular complexity index is 658. The van der Waals surface area contributed by atoms with Gasteiger partial charge >= 0.3 is 0 Å². The molecule has 0 heterocycles. The molecule has 3 nitrogen and oxygen atoms in total. The molecule has 5 heteroatoms. The van der Waals surface area contributed by atoms with Crippen molar-refractivity contribution in [2.75, 3.05) is 14.2 Å². The molecule has 2 aromatic carbocycles. The zero-order chi connectivity index (χ0) is 15.6. The van der Waals surface area contributed by atoms with Gasteiger partial charge in [0.1, 0.15) is 11.9 Å². The number of benzene rings is 2. The third-order valence-electron chi connectivity index (χ3n) is 3.27. The Hall–Kier alpha value is -1.78. The number of hydrogen-bond donors (Lipinski definition) is 1. The molecule has 0 aliphatic carbocycles. The summed E-state index contributed by atoms with van der Waals surface area (Å²) in [7, 11) is 2.98. The van der Waals surface area contributed by atoms with Crippen molar-refractivity contribution in [2.24, 2.45) is 0 Å². The van der Waals surface area contributed by atoms with Crippen molar-refractivity contribution in [3.8, 4) is 11.5 Å². The maximum Gasteiger partial charge on any atom is 0.179 e. The van der Waals surface area contributed by atoms with Crippen LogP contribution in [-0.2, 0) is 0 Å². The zero-order valence-corrected chi connectivity index (χ0v) is 12.7. The summed E-state index contributed by atoms with van der Waals surface area (Å²) in [5.41, 5.74) is 1.60. The van der Waals surface area contributed by atoms with Gasteiger partial charge in [0.25, 0.3) is 0 Å². The van der Waals surface area contributed by atoms with Crippen LogP contribution in [0.4, 0.5) is 4.39 Å². The Morgan fingerprint density at radius 2 is 1.81 bits per heavy atom. The fourth-order valence-corrected chi connectivity index (χ4v) is 2.42. The molecule has 0 bridgehead atoms. The van der Waals surface area contributed by atoms with Crippen LogP contribution < -0.4 is 9.47 Å². The second kappa shape index (κ2) is 6.33. The van der Waals surface area contributed by atoms with E-state index in [9.17, 15) is 9.50 Å². The largest absolute Gasteiger partial charge is 0.493 e. The minimum Gasteiger partial charge on any atom is -0.493 e. The van der Waals surface area contributed by atoms with Crippen LogP contribution in [0.15, 0.2) is 30.3 Å². The van der Waals surface area contributed by atoms with Crippen LogP contribution in [0.5, 0.6) is 11.5 Å². The van der Waals surface area contributed by atoms with Gasteiger partial charge in [0.2, 0.25) is 0 Å². The summed E-state index contributed by atoms with van der Waals surface area (Å²) >= 11 is 6.13. The van der Waals surface area contributed by atoms with Gasteiger partial charge < -0.3 is 14.6 Å². The minimum atomic E-state index is -0.929. The van der Waals surface area contributed by atoms with Crippen molar-refractivity contribution in [3.05, 3.63) is 57.9 Å². The molecule has 2 aromatic rings. The number of aliphatic hydroxyl groups excluding tert-OH is 1. The molecule has 1 N–H and O–H groups in total. The van der Waals surface area contributed by atoms with E-state index >= 15 is 0 Å². The Labute approximate surface area is 127 Å². The Morgan fingerprint density at radius 1 is 1.10 bits per heavy atom. The minimum absolute atomic E-state index is 0.309. The normalized spacial score (nSPS) is 12.1. The number of methoxy groups -OCH3 is 2. The van der Waals surface area contributed by atoms with Gasteiger partial charge in [0, 0.05) is 0 Å². The van der Waals surface area contributed by atoms with Crippen LogP contribution in [0.3, 0.4) is 0 Å². The van der Waals surface area contributed by atoms with E-state index in [4.69, 9.17) is 21.1 Å². The van der Waals surface area contributed by atoms with Crippen LogP contribution in [0.25, 0.3) is 0 Å². The van der Waals surface area contributed by atoms with E-state index in [2.05, 4.69) is 0 Å². The molecule has 0 saturated heterocycles. The van der Waals surface area contributed by atoms with Gasteiger partial charge in [0.15, 0.2) is 11.5 Å². The number of aliphatic hydroxyl groups is 1. The zero-order valence-electron chi connectivity index (χ0n) is 12.0. The maximum atomic E-state index is 13.3. The monoisotopic (exact) mass is 310 g/mol. The molecule has 0 aliphatic heterocycles. The molecule has 0 fully saturated rings. The molecule has 0 aromatic heterocycles. The lowest BCUT2D eigenvalue weighted by Gasteiger charge is -2.16. The summed E-state index contributed by atoms with van der Waals surface area (Å²) in [5, 5.41) is 10.8. The third kappa shape index (κ3) is 3.12. The average molecular weight is 311 g/mol. The van der Waals surface area contributed by atoms with Crippen molar-refractivity contribution >= 4 is 11.6 Å². The highest BCUT2D eigenvalue weighted by molar-refractivity contribution is 6.32. The molecule has 0 aliphatic rings. The highest BCUT2D eigenvalue weighted by Gasteiger charge is 2.17. The molecule has 0 saturated carbocycles. The fourth-order valence-electron chi connectivity index (χ4n) is 2.13. The lowest BCUT2D eigenvalue weighted by Crippen LogP contribution is -2.02. The first kappa shape index (κ1) is 15.6.